The quantitative estimate of drug-likeness (QED) is 0.465. The summed E-state index contributed by atoms with van der Waals surface area (Å²) in [6, 6.07) is 8.82. The predicted molar refractivity (Wildman–Crippen MR) is 97.0 cm³/mol. The fourth-order valence-corrected chi connectivity index (χ4v) is 2.74. The molecule has 0 saturated carbocycles. The second-order valence-corrected chi connectivity index (χ2v) is 6.30. The first kappa shape index (κ1) is 20.5. The van der Waals surface area contributed by atoms with Crippen molar-refractivity contribution in [3.8, 4) is 0 Å². The van der Waals surface area contributed by atoms with Gasteiger partial charge in [0.05, 0.1) is 6.61 Å². The lowest BCUT2D eigenvalue weighted by Gasteiger charge is -2.32. The van der Waals surface area contributed by atoms with E-state index in [0.717, 1.165) is 12.0 Å². The fourth-order valence-electron chi connectivity index (χ4n) is 2.35. The molecule has 1 rings (SSSR count). The third kappa shape index (κ3) is 6.15. The molecule has 24 heavy (non-hydrogen) atoms. The zero-order valence-electron chi connectivity index (χ0n) is 14.5. The van der Waals surface area contributed by atoms with Gasteiger partial charge in [-0.3, -0.25) is 4.90 Å². The molecule has 0 spiro atoms. The first-order valence-corrected chi connectivity index (χ1v) is 9.37. The predicted octanol–water partition coefficient (Wildman–Crippen LogP) is 4.00. The molecule has 0 unspecified atom stereocenters. The van der Waals surface area contributed by atoms with Crippen LogP contribution in [0.2, 0.25) is 0 Å². The van der Waals surface area contributed by atoms with Crippen LogP contribution in [0.5, 0.6) is 0 Å². The molecule has 0 fully saturated rings. The minimum Gasteiger partial charge on any atom is -0.464 e. The molecule has 5 nitrogen and oxygen atoms in total. The van der Waals surface area contributed by atoms with E-state index < -0.39 is 12.1 Å². The van der Waals surface area contributed by atoms with E-state index in [-0.39, 0.29) is 25.1 Å². The summed E-state index contributed by atoms with van der Waals surface area (Å²) >= 11 is 3.34. The van der Waals surface area contributed by atoms with Crippen molar-refractivity contribution in [3.63, 3.8) is 0 Å². The van der Waals surface area contributed by atoms with E-state index in [1.807, 2.05) is 44.2 Å². The van der Waals surface area contributed by atoms with Crippen LogP contribution in [0.1, 0.15) is 32.8 Å². The number of nitrogens with zero attached hydrogens (tertiary/aromatic N) is 1. The Balaban J connectivity index is 2.86. The molecule has 1 aromatic rings. The zero-order chi connectivity index (χ0) is 17.9. The van der Waals surface area contributed by atoms with Gasteiger partial charge in [0.15, 0.2) is 0 Å². The van der Waals surface area contributed by atoms with Crippen molar-refractivity contribution in [1.29, 1.82) is 0 Å². The number of carbonyl (C=O) groups excluding carboxylic acids is 2. The molecule has 0 aliphatic rings. The Hall–Kier alpha value is -1.56. The minimum absolute atomic E-state index is 0.0209. The van der Waals surface area contributed by atoms with Gasteiger partial charge in [-0.15, -0.1) is 0 Å². The van der Waals surface area contributed by atoms with E-state index in [1.165, 1.54) is 4.90 Å². The molecular formula is C18H26BrNO4. The van der Waals surface area contributed by atoms with E-state index in [2.05, 4.69) is 15.9 Å². The Bertz CT molecular complexity index is 509. The lowest BCUT2D eigenvalue weighted by atomic mass is 9.98. The third-order valence-electron chi connectivity index (χ3n) is 3.81. The van der Waals surface area contributed by atoms with Gasteiger partial charge in [0.25, 0.3) is 0 Å². The highest BCUT2D eigenvalue weighted by atomic mass is 79.9. The van der Waals surface area contributed by atoms with Gasteiger partial charge in [-0.05, 0) is 18.4 Å². The van der Waals surface area contributed by atoms with Gasteiger partial charge >= 0.3 is 12.1 Å². The minimum atomic E-state index is -0.643. The summed E-state index contributed by atoms with van der Waals surface area (Å²) in [7, 11) is 0. The number of benzene rings is 1. The average molecular weight is 400 g/mol. The van der Waals surface area contributed by atoms with Crippen LogP contribution in [0.25, 0.3) is 0 Å². The van der Waals surface area contributed by atoms with Gasteiger partial charge in [0.2, 0.25) is 0 Å². The normalized spacial score (nSPS) is 13.0. The van der Waals surface area contributed by atoms with E-state index in [9.17, 15) is 9.59 Å². The smallest absolute Gasteiger partial charge is 0.410 e. The summed E-state index contributed by atoms with van der Waals surface area (Å²) in [4.78, 5) is 26.4. The lowest BCUT2D eigenvalue weighted by molar-refractivity contribution is -0.151. The highest BCUT2D eigenvalue weighted by Crippen LogP contribution is 2.18. The van der Waals surface area contributed by atoms with Crippen LogP contribution in [-0.4, -0.2) is 41.5 Å². The first-order valence-electron chi connectivity index (χ1n) is 8.25. The summed E-state index contributed by atoms with van der Waals surface area (Å²) in [6.45, 7) is 6.52. The van der Waals surface area contributed by atoms with E-state index in [1.54, 1.807) is 6.92 Å². The maximum atomic E-state index is 12.6. The second-order valence-electron chi connectivity index (χ2n) is 5.50. The largest absolute Gasteiger partial charge is 0.464 e. The zero-order valence-corrected chi connectivity index (χ0v) is 16.1. The third-order valence-corrected chi connectivity index (χ3v) is 4.17. The molecule has 1 amide bonds. The molecule has 6 heteroatoms. The number of halogens is 1. The number of alkyl halides is 1. The topological polar surface area (TPSA) is 55.8 Å². The molecule has 0 N–H and O–H groups in total. The van der Waals surface area contributed by atoms with Crippen LogP contribution in [0.3, 0.4) is 0 Å². The standard InChI is InChI=1S/C18H26BrNO4/c1-4-14(3)16(17(21)23-5-2)20(12-11-19)18(22)24-13-15-9-7-6-8-10-15/h6-10,14,16H,4-5,11-13H2,1-3H3/t14-,16-/m0/s1. The van der Waals surface area contributed by atoms with Gasteiger partial charge < -0.3 is 9.47 Å². The highest BCUT2D eigenvalue weighted by Gasteiger charge is 2.35. The number of esters is 1. The number of rotatable bonds is 9. The van der Waals surface area contributed by atoms with Crippen LogP contribution in [0.15, 0.2) is 30.3 Å². The molecule has 0 aromatic heterocycles. The Morgan fingerprint density at radius 1 is 1.17 bits per heavy atom. The molecule has 0 bridgehead atoms. The van der Waals surface area contributed by atoms with Crippen LogP contribution in [0.4, 0.5) is 4.79 Å². The summed E-state index contributed by atoms with van der Waals surface area (Å²) in [5.74, 6) is -0.406. The van der Waals surface area contributed by atoms with Crippen molar-refractivity contribution >= 4 is 28.0 Å². The maximum absolute atomic E-state index is 12.6. The van der Waals surface area contributed by atoms with Crippen molar-refractivity contribution in [2.75, 3.05) is 18.5 Å². The molecule has 0 aliphatic heterocycles. The van der Waals surface area contributed by atoms with Crippen molar-refractivity contribution < 1.29 is 19.1 Å². The molecule has 0 saturated heterocycles. The van der Waals surface area contributed by atoms with Gasteiger partial charge in [-0.2, -0.15) is 0 Å². The van der Waals surface area contributed by atoms with Crippen LogP contribution >= 0.6 is 15.9 Å². The molecule has 0 aliphatic carbocycles. The van der Waals surface area contributed by atoms with Gasteiger partial charge in [-0.1, -0.05) is 66.5 Å². The highest BCUT2D eigenvalue weighted by molar-refractivity contribution is 9.09. The second kappa shape index (κ2) is 11.1. The number of hydrogen-bond donors (Lipinski definition) is 0. The fraction of sp³-hybridized carbons (Fsp3) is 0.556. The Morgan fingerprint density at radius 2 is 1.83 bits per heavy atom. The number of ether oxygens (including phenoxy) is 2. The van der Waals surface area contributed by atoms with Gasteiger partial charge in [-0.25, -0.2) is 9.59 Å². The number of hydrogen-bond acceptors (Lipinski definition) is 4. The lowest BCUT2D eigenvalue weighted by Crippen LogP contribution is -2.50. The van der Waals surface area contributed by atoms with Crippen molar-refractivity contribution in [3.05, 3.63) is 35.9 Å². The molecule has 0 radical (unpaired) electrons. The summed E-state index contributed by atoms with van der Waals surface area (Å²) in [6.07, 6.45) is 0.255. The van der Waals surface area contributed by atoms with Crippen molar-refractivity contribution in [1.82, 2.24) is 4.90 Å². The Kier molecular flexibility index (Phi) is 9.45. The molecule has 2 atom stereocenters. The maximum Gasteiger partial charge on any atom is 0.410 e. The van der Waals surface area contributed by atoms with E-state index >= 15 is 0 Å². The molecule has 0 heterocycles. The van der Waals surface area contributed by atoms with Gasteiger partial charge in [0, 0.05) is 11.9 Å². The summed E-state index contributed by atoms with van der Waals surface area (Å²) in [5, 5.41) is 0.555. The molecule has 134 valence electrons. The summed E-state index contributed by atoms with van der Waals surface area (Å²) in [5.41, 5.74) is 0.904. The first-order chi connectivity index (χ1) is 11.5. The van der Waals surface area contributed by atoms with Crippen molar-refractivity contribution in [2.45, 2.75) is 39.8 Å². The van der Waals surface area contributed by atoms with E-state index in [4.69, 9.17) is 9.47 Å². The number of carbonyl (C=O) groups is 2. The number of amides is 1. The van der Waals surface area contributed by atoms with Crippen LogP contribution in [0, 0.1) is 5.92 Å². The monoisotopic (exact) mass is 399 g/mol. The van der Waals surface area contributed by atoms with Crippen LogP contribution in [-0.2, 0) is 20.9 Å². The van der Waals surface area contributed by atoms with Crippen molar-refractivity contribution in [2.24, 2.45) is 5.92 Å². The van der Waals surface area contributed by atoms with Gasteiger partial charge in [0.1, 0.15) is 12.6 Å². The molecule has 1 aromatic carbocycles. The Morgan fingerprint density at radius 3 is 2.38 bits per heavy atom. The SMILES string of the molecule is CCOC(=O)[C@H]([C@@H](C)CC)N(CCBr)C(=O)OCc1ccccc1. The Labute approximate surface area is 152 Å². The van der Waals surface area contributed by atoms with Crippen LogP contribution < -0.4 is 0 Å². The summed E-state index contributed by atoms with van der Waals surface area (Å²) < 4.78 is 10.6. The van der Waals surface area contributed by atoms with E-state index in [0.29, 0.717) is 11.9 Å². The average Bonchev–Trinajstić information content (AvgIpc) is 2.60. The molecular weight excluding hydrogens is 374 g/mol.